The highest BCUT2D eigenvalue weighted by Crippen LogP contribution is 2.59. The van der Waals surface area contributed by atoms with Gasteiger partial charge in [0.1, 0.15) is 18.2 Å². The van der Waals surface area contributed by atoms with Crippen LogP contribution in [-0.4, -0.2) is 77.2 Å². The number of carbonyl (C=O) groups is 4. The van der Waals surface area contributed by atoms with Crippen LogP contribution in [0.1, 0.15) is 63.1 Å². The number of allylic oxidation sites excluding steroid dienone is 1. The lowest BCUT2D eigenvalue weighted by molar-refractivity contribution is -0.147. The summed E-state index contributed by atoms with van der Waals surface area (Å²) in [5.74, 6) is -3.69. The number of aliphatic hydroxyl groups excluding tert-OH is 1. The van der Waals surface area contributed by atoms with Gasteiger partial charge in [-0.15, -0.1) is 13.2 Å². The van der Waals surface area contributed by atoms with E-state index >= 15 is 4.79 Å². The topological polar surface area (TPSA) is 125 Å². The third-order valence-corrected chi connectivity index (χ3v) is 10.9. The molecule has 3 aliphatic rings. The molecule has 0 aliphatic carbocycles. The van der Waals surface area contributed by atoms with Crippen LogP contribution in [0.5, 0.6) is 0 Å². The predicted octanol–water partition coefficient (Wildman–Crippen LogP) is 5.32. The summed E-state index contributed by atoms with van der Waals surface area (Å²) in [6.45, 7) is 12.9. The molecule has 1 spiro atoms. The molecule has 2 aromatic carbocycles. The number of halogens is 1. The van der Waals surface area contributed by atoms with E-state index in [0.29, 0.717) is 36.4 Å². The van der Waals surface area contributed by atoms with Gasteiger partial charge in [0.25, 0.3) is 5.91 Å². The molecule has 10 nitrogen and oxygen atoms in total. The number of anilines is 1. The molecule has 2 N–H and O–H groups in total. The number of hydrogen-bond donors (Lipinski definition) is 2. The van der Waals surface area contributed by atoms with Crippen LogP contribution in [0.4, 0.5) is 5.69 Å². The minimum atomic E-state index is -1.31. The van der Waals surface area contributed by atoms with Crippen molar-refractivity contribution in [2.24, 2.45) is 17.8 Å². The zero-order chi connectivity index (χ0) is 36.2. The molecule has 0 saturated carbocycles. The zero-order valence-electron chi connectivity index (χ0n) is 29.1. The lowest BCUT2D eigenvalue weighted by Gasteiger charge is -2.41. The number of amides is 3. The predicted molar refractivity (Wildman–Crippen MR) is 191 cm³/mol. The van der Waals surface area contributed by atoms with Gasteiger partial charge in [-0.25, -0.2) is 0 Å². The SMILES string of the molecule is C=CCCC(=O)OC[C@H](NC(=O)[C@@H]1[C@H]2C(=O)N([C@@H](CO)[C@@H](C)CC)[C@H](C(=O)N(CC=C)c3c(C)cccc3Cl)[C@]23CC[C@H]1O3)c1ccccc1. The molecule has 3 fully saturated rings. The second-order valence-electron chi connectivity index (χ2n) is 13.6. The smallest absolute Gasteiger partial charge is 0.306 e. The molecule has 5 rings (SSSR count). The number of hydrogen-bond acceptors (Lipinski definition) is 7. The normalized spacial score (nSPS) is 25.4. The average molecular weight is 706 g/mol. The Bertz CT molecular complexity index is 1580. The Labute approximate surface area is 299 Å². The number of esters is 1. The van der Waals surface area contributed by atoms with Crippen molar-refractivity contribution < 1.29 is 33.8 Å². The monoisotopic (exact) mass is 705 g/mol. The van der Waals surface area contributed by atoms with Crippen LogP contribution in [0.3, 0.4) is 0 Å². The van der Waals surface area contributed by atoms with E-state index in [2.05, 4.69) is 18.5 Å². The first kappa shape index (κ1) is 37.3. The molecule has 8 atom stereocenters. The van der Waals surface area contributed by atoms with Crippen LogP contribution in [0.2, 0.25) is 5.02 Å². The summed E-state index contributed by atoms with van der Waals surface area (Å²) in [6.07, 6.45) is 4.76. The van der Waals surface area contributed by atoms with E-state index in [1.54, 1.807) is 24.3 Å². The maximum absolute atomic E-state index is 15.0. The number of para-hydroxylation sites is 1. The van der Waals surface area contributed by atoms with E-state index in [4.69, 9.17) is 21.1 Å². The number of carbonyl (C=O) groups excluding carboxylic acids is 4. The minimum absolute atomic E-state index is 0.102. The molecule has 3 saturated heterocycles. The van der Waals surface area contributed by atoms with Crippen LogP contribution < -0.4 is 10.2 Å². The maximum Gasteiger partial charge on any atom is 0.306 e. The number of nitrogens with one attached hydrogen (secondary N) is 1. The van der Waals surface area contributed by atoms with Crippen molar-refractivity contribution in [3.8, 4) is 0 Å². The molecule has 3 heterocycles. The molecule has 3 aliphatic heterocycles. The lowest BCUT2D eigenvalue weighted by Crippen LogP contribution is -2.60. The highest BCUT2D eigenvalue weighted by Gasteiger charge is 2.75. The molecule has 11 heteroatoms. The van der Waals surface area contributed by atoms with E-state index < -0.39 is 65.4 Å². The number of likely N-dealkylation sites (tertiary alicyclic amines) is 1. The van der Waals surface area contributed by atoms with E-state index in [1.807, 2.05) is 57.2 Å². The van der Waals surface area contributed by atoms with Gasteiger partial charge in [-0.1, -0.05) is 86.5 Å². The molecule has 0 unspecified atom stereocenters. The Morgan fingerprint density at radius 2 is 1.92 bits per heavy atom. The Kier molecular flexibility index (Phi) is 11.9. The molecular weight excluding hydrogens is 658 g/mol. The summed E-state index contributed by atoms with van der Waals surface area (Å²) in [6, 6.07) is 12.0. The summed E-state index contributed by atoms with van der Waals surface area (Å²) < 4.78 is 12.3. The first-order valence-electron chi connectivity index (χ1n) is 17.4. The van der Waals surface area contributed by atoms with Crippen molar-refractivity contribution in [2.75, 3.05) is 24.7 Å². The quantitative estimate of drug-likeness (QED) is 0.179. The molecule has 268 valence electrons. The van der Waals surface area contributed by atoms with Crippen molar-refractivity contribution in [1.29, 1.82) is 0 Å². The van der Waals surface area contributed by atoms with Crippen LogP contribution in [0.15, 0.2) is 73.8 Å². The number of benzene rings is 2. The minimum Gasteiger partial charge on any atom is -0.463 e. The summed E-state index contributed by atoms with van der Waals surface area (Å²) in [5.41, 5.74) is 0.696. The summed E-state index contributed by atoms with van der Waals surface area (Å²) in [7, 11) is 0. The summed E-state index contributed by atoms with van der Waals surface area (Å²) >= 11 is 6.69. The van der Waals surface area contributed by atoms with E-state index in [9.17, 15) is 19.5 Å². The maximum atomic E-state index is 15.0. The van der Waals surface area contributed by atoms with E-state index in [-0.39, 0.29) is 32.1 Å². The van der Waals surface area contributed by atoms with Crippen LogP contribution in [0, 0.1) is 24.7 Å². The second-order valence-corrected chi connectivity index (χ2v) is 14.0. The Morgan fingerprint density at radius 1 is 1.18 bits per heavy atom. The van der Waals surface area contributed by atoms with Gasteiger partial charge in [0.05, 0.1) is 47.3 Å². The molecule has 0 aromatic heterocycles. The Hall–Kier alpha value is -3.99. The first-order chi connectivity index (χ1) is 24.0. The second kappa shape index (κ2) is 15.9. The van der Waals surface area contributed by atoms with E-state index in [0.717, 1.165) is 11.1 Å². The van der Waals surface area contributed by atoms with Gasteiger partial charge in [0, 0.05) is 13.0 Å². The highest BCUT2D eigenvalue weighted by atomic mass is 35.5. The van der Waals surface area contributed by atoms with Gasteiger partial charge in [0.2, 0.25) is 11.8 Å². The van der Waals surface area contributed by atoms with Gasteiger partial charge in [-0.2, -0.15) is 0 Å². The largest absolute Gasteiger partial charge is 0.463 e. The molecule has 2 bridgehead atoms. The standard InChI is InChI=1S/C39H48ClN3O7/c1-6-9-18-31(45)49-23-28(26-15-11-10-12-16-26)41-36(46)32-30-19-20-39(50-30)33(32)37(47)43(29(22-44)24(4)8-3)35(39)38(48)42(21-7-2)34-25(5)14-13-17-27(34)40/h6-7,10-17,24,28-30,32-33,35,44H,1-2,8-9,18-23H2,3-5H3,(H,41,46)/t24-,28-,29-,30+,32-,33-,35+,39-/m0/s1. The summed E-state index contributed by atoms with van der Waals surface area (Å²) in [4.78, 5) is 59.7. The molecule has 3 amide bonds. The average Bonchev–Trinajstić information content (AvgIpc) is 3.76. The van der Waals surface area contributed by atoms with Crippen molar-refractivity contribution >= 4 is 41.0 Å². The number of fused-ring (bicyclic) bond motifs is 1. The number of rotatable bonds is 16. The van der Waals surface area contributed by atoms with Crippen LogP contribution >= 0.6 is 11.6 Å². The Balaban J connectivity index is 1.53. The van der Waals surface area contributed by atoms with Crippen molar-refractivity contribution in [3.63, 3.8) is 0 Å². The molecule has 2 aromatic rings. The summed E-state index contributed by atoms with van der Waals surface area (Å²) in [5, 5.41) is 14.2. The first-order valence-corrected chi connectivity index (χ1v) is 17.8. The van der Waals surface area contributed by atoms with Gasteiger partial charge in [-0.05, 0) is 49.3 Å². The number of nitrogens with zero attached hydrogens (tertiary/aromatic N) is 2. The van der Waals surface area contributed by atoms with Gasteiger partial charge in [-0.3, -0.25) is 19.2 Å². The van der Waals surface area contributed by atoms with Crippen molar-refractivity contribution in [2.45, 2.75) is 82.7 Å². The third kappa shape index (κ3) is 6.85. The van der Waals surface area contributed by atoms with Crippen LogP contribution in [0.25, 0.3) is 0 Å². The molecule has 50 heavy (non-hydrogen) atoms. The van der Waals surface area contributed by atoms with Crippen molar-refractivity contribution in [3.05, 3.63) is 90.0 Å². The van der Waals surface area contributed by atoms with Gasteiger partial charge >= 0.3 is 5.97 Å². The zero-order valence-corrected chi connectivity index (χ0v) is 29.8. The van der Waals surface area contributed by atoms with Crippen molar-refractivity contribution in [1.82, 2.24) is 10.2 Å². The van der Waals surface area contributed by atoms with Gasteiger partial charge in [0.15, 0.2) is 0 Å². The van der Waals surface area contributed by atoms with Crippen LogP contribution in [-0.2, 0) is 28.7 Å². The number of aliphatic hydroxyl groups is 1. The van der Waals surface area contributed by atoms with E-state index in [1.165, 1.54) is 9.80 Å². The fourth-order valence-electron chi connectivity index (χ4n) is 8.02. The highest BCUT2D eigenvalue weighted by molar-refractivity contribution is 6.34. The Morgan fingerprint density at radius 3 is 2.56 bits per heavy atom. The number of ether oxygens (including phenoxy) is 2. The molecular formula is C39H48ClN3O7. The van der Waals surface area contributed by atoms with Gasteiger partial charge < -0.3 is 29.7 Å². The lowest BCUT2D eigenvalue weighted by atomic mass is 9.70. The fraction of sp³-hybridized carbons (Fsp3) is 0.487. The number of aryl methyl sites for hydroxylation is 1. The molecule has 0 radical (unpaired) electrons. The fourth-order valence-corrected chi connectivity index (χ4v) is 8.34. The third-order valence-electron chi connectivity index (χ3n) is 10.6.